The zero-order valence-electron chi connectivity index (χ0n) is 19.4. The van der Waals surface area contributed by atoms with Gasteiger partial charge < -0.3 is 10.6 Å². The van der Waals surface area contributed by atoms with Crippen LogP contribution >= 0.6 is 0 Å². The molecule has 2 aromatic heterocycles. The van der Waals surface area contributed by atoms with E-state index in [1.165, 1.54) is 9.47 Å². The summed E-state index contributed by atoms with van der Waals surface area (Å²) in [5.41, 5.74) is 7.95. The highest BCUT2D eigenvalue weighted by Crippen LogP contribution is 2.26. The molecule has 0 saturated heterocycles. The Hall–Kier alpha value is -3.42. The molecule has 0 spiro atoms. The number of aromatic nitrogens is 3. The van der Waals surface area contributed by atoms with E-state index >= 15 is 0 Å². The van der Waals surface area contributed by atoms with Gasteiger partial charge in [0, 0.05) is 24.2 Å². The van der Waals surface area contributed by atoms with Crippen LogP contribution in [0.3, 0.4) is 0 Å². The van der Waals surface area contributed by atoms with Crippen molar-refractivity contribution in [2.45, 2.75) is 54.0 Å². The number of nitrogens with zero attached hydrogens (tertiary/aromatic N) is 3. The monoisotopic (exact) mass is 437 g/mol. The Morgan fingerprint density at radius 3 is 2.59 bits per heavy atom. The quantitative estimate of drug-likeness (QED) is 0.588. The van der Waals surface area contributed by atoms with Gasteiger partial charge in [-0.25, -0.2) is 4.79 Å². The Kier molecular flexibility index (Phi) is 6.81. The molecule has 2 heterocycles. The molecule has 0 unspecified atom stereocenters. The number of fused-ring (bicyclic) bond motifs is 1. The van der Waals surface area contributed by atoms with Crippen LogP contribution in [0.4, 0.5) is 11.5 Å². The van der Waals surface area contributed by atoms with Crippen molar-refractivity contribution in [3.05, 3.63) is 61.9 Å². The van der Waals surface area contributed by atoms with Crippen molar-refractivity contribution >= 4 is 28.3 Å². The summed E-state index contributed by atoms with van der Waals surface area (Å²) in [5.74, 6) is -0.283. The maximum atomic E-state index is 13.9. The molecule has 1 aromatic carbocycles. The van der Waals surface area contributed by atoms with E-state index in [1.54, 1.807) is 6.07 Å². The molecular weight excluding hydrogens is 406 g/mol. The number of carbonyl (C=O) groups excluding carboxylic acids is 1. The van der Waals surface area contributed by atoms with Crippen molar-refractivity contribution in [1.29, 1.82) is 0 Å². The molecule has 32 heavy (non-hydrogen) atoms. The SMILES string of the molecule is CCCCn1c(N)c(N(CC(C)C)C(=O)c2cc(C)nc3ccc(C)cc23)c(=O)[nH]c1=O. The number of H-pyrrole nitrogens is 1. The van der Waals surface area contributed by atoms with Gasteiger partial charge in [-0.15, -0.1) is 0 Å². The van der Waals surface area contributed by atoms with Crippen molar-refractivity contribution in [3.63, 3.8) is 0 Å². The Bertz CT molecular complexity index is 1270. The number of benzene rings is 1. The Labute approximate surface area is 187 Å². The third-order valence-corrected chi connectivity index (χ3v) is 5.33. The largest absolute Gasteiger partial charge is 0.383 e. The first-order chi connectivity index (χ1) is 15.1. The third kappa shape index (κ3) is 4.59. The minimum atomic E-state index is -0.666. The van der Waals surface area contributed by atoms with E-state index in [1.807, 2.05) is 52.8 Å². The lowest BCUT2D eigenvalue weighted by atomic mass is 10.0. The number of anilines is 2. The summed E-state index contributed by atoms with van der Waals surface area (Å²) in [6, 6.07) is 7.47. The highest BCUT2D eigenvalue weighted by Gasteiger charge is 2.27. The Morgan fingerprint density at radius 2 is 1.94 bits per heavy atom. The van der Waals surface area contributed by atoms with E-state index in [-0.39, 0.29) is 29.9 Å². The van der Waals surface area contributed by atoms with E-state index in [4.69, 9.17) is 5.73 Å². The summed E-state index contributed by atoms with van der Waals surface area (Å²) >= 11 is 0. The van der Waals surface area contributed by atoms with Crippen molar-refractivity contribution in [2.24, 2.45) is 5.92 Å². The van der Waals surface area contributed by atoms with Crippen LogP contribution in [0.5, 0.6) is 0 Å². The summed E-state index contributed by atoms with van der Waals surface area (Å²) in [5, 5.41) is 0.712. The van der Waals surface area contributed by atoms with Crippen LogP contribution in [-0.4, -0.2) is 27.0 Å². The van der Waals surface area contributed by atoms with Crippen LogP contribution in [0.15, 0.2) is 33.9 Å². The molecular formula is C24H31N5O3. The van der Waals surface area contributed by atoms with Crippen LogP contribution in [0, 0.1) is 19.8 Å². The molecule has 0 aliphatic carbocycles. The number of pyridine rings is 1. The van der Waals surface area contributed by atoms with Gasteiger partial charge in [-0.3, -0.25) is 24.1 Å². The number of aromatic amines is 1. The van der Waals surface area contributed by atoms with E-state index in [9.17, 15) is 14.4 Å². The van der Waals surface area contributed by atoms with E-state index in [2.05, 4.69) is 9.97 Å². The number of amides is 1. The topological polar surface area (TPSA) is 114 Å². The second-order valence-corrected chi connectivity index (χ2v) is 8.64. The number of rotatable bonds is 7. The first-order valence-corrected chi connectivity index (χ1v) is 11.0. The molecule has 3 N–H and O–H groups in total. The number of hydrogen-bond donors (Lipinski definition) is 2. The van der Waals surface area contributed by atoms with Crippen molar-refractivity contribution < 1.29 is 4.79 Å². The molecule has 0 atom stereocenters. The molecule has 0 fully saturated rings. The van der Waals surface area contributed by atoms with Gasteiger partial charge in [-0.05, 0) is 44.4 Å². The highest BCUT2D eigenvalue weighted by atomic mass is 16.2. The van der Waals surface area contributed by atoms with Crippen molar-refractivity contribution in [2.75, 3.05) is 17.2 Å². The predicted molar refractivity (Wildman–Crippen MR) is 128 cm³/mol. The first kappa shape index (κ1) is 23.2. The molecule has 0 aliphatic heterocycles. The van der Waals surface area contributed by atoms with Crippen molar-refractivity contribution in [1.82, 2.24) is 14.5 Å². The van der Waals surface area contributed by atoms with Crippen LogP contribution in [0.25, 0.3) is 10.9 Å². The minimum Gasteiger partial charge on any atom is -0.383 e. The summed E-state index contributed by atoms with van der Waals surface area (Å²) in [6.45, 7) is 10.3. The lowest BCUT2D eigenvalue weighted by Crippen LogP contribution is -2.42. The van der Waals surface area contributed by atoms with Gasteiger partial charge in [0.15, 0.2) is 5.69 Å². The summed E-state index contributed by atoms with van der Waals surface area (Å²) in [6.07, 6.45) is 1.58. The molecule has 1 amide bonds. The van der Waals surface area contributed by atoms with Gasteiger partial charge in [0.2, 0.25) is 0 Å². The molecule has 0 radical (unpaired) electrons. The van der Waals surface area contributed by atoms with Gasteiger partial charge in [-0.2, -0.15) is 0 Å². The standard InChI is InChI=1S/C24H31N5O3/c1-6-7-10-28-21(25)20(22(30)27-24(28)32)29(13-14(2)3)23(31)18-12-16(5)26-19-9-8-15(4)11-17(18)19/h8-9,11-12,14H,6-7,10,13,25H2,1-5H3,(H,27,30,32). The smallest absolute Gasteiger partial charge is 0.330 e. The molecule has 0 saturated carbocycles. The van der Waals surface area contributed by atoms with Crippen LogP contribution in [0.1, 0.15) is 55.2 Å². The Balaban J connectivity index is 2.24. The zero-order chi connectivity index (χ0) is 23.6. The van der Waals surface area contributed by atoms with Crippen LogP contribution in [0.2, 0.25) is 0 Å². The molecule has 0 aliphatic rings. The second kappa shape index (κ2) is 9.38. The Morgan fingerprint density at radius 1 is 1.22 bits per heavy atom. The fourth-order valence-electron chi connectivity index (χ4n) is 3.81. The average Bonchev–Trinajstić information content (AvgIpc) is 2.71. The average molecular weight is 438 g/mol. The predicted octanol–water partition coefficient (Wildman–Crippen LogP) is 3.39. The lowest BCUT2D eigenvalue weighted by Gasteiger charge is -2.26. The number of unbranched alkanes of at least 4 members (excludes halogenated alkanes) is 1. The van der Waals surface area contributed by atoms with Gasteiger partial charge in [0.05, 0.1) is 11.1 Å². The van der Waals surface area contributed by atoms with Crippen LogP contribution < -0.4 is 21.9 Å². The van der Waals surface area contributed by atoms with E-state index in [0.717, 1.165) is 18.4 Å². The summed E-state index contributed by atoms with van der Waals surface area (Å²) < 4.78 is 1.33. The fourth-order valence-corrected chi connectivity index (χ4v) is 3.81. The first-order valence-electron chi connectivity index (χ1n) is 11.0. The van der Waals surface area contributed by atoms with Gasteiger partial charge in [0.25, 0.3) is 11.5 Å². The summed E-state index contributed by atoms with van der Waals surface area (Å²) in [7, 11) is 0. The molecule has 8 nitrogen and oxygen atoms in total. The van der Waals surface area contributed by atoms with E-state index in [0.29, 0.717) is 28.7 Å². The van der Waals surface area contributed by atoms with E-state index < -0.39 is 11.2 Å². The zero-order valence-corrected chi connectivity index (χ0v) is 19.4. The molecule has 3 aromatic rings. The van der Waals surface area contributed by atoms with Gasteiger partial charge in [0.1, 0.15) is 5.82 Å². The number of nitrogen functional groups attached to an aromatic ring is 1. The molecule has 8 heteroatoms. The molecule has 3 rings (SSSR count). The minimum absolute atomic E-state index is 0.00691. The molecule has 170 valence electrons. The van der Waals surface area contributed by atoms with Crippen LogP contribution in [-0.2, 0) is 6.54 Å². The van der Waals surface area contributed by atoms with Crippen molar-refractivity contribution in [3.8, 4) is 0 Å². The second-order valence-electron chi connectivity index (χ2n) is 8.64. The van der Waals surface area contributed by atoms with Gasteiger partial charge in [-0.1, -0.05) is 38.8 Å². The number of carbonyl (C=O) groups is 1. The maximum Gasteiger partial charge on any atom is 0.330 e. The fraction of sp³-hybridized carbons (Fsp3) is 0.417. The van der Waals surface area contributed by atoms with Gasteiger partial charge >= 0.3 is 5.69 Å². The third-order valence-electron chi connectivity index (χ3n) is 5.33. The number of hydrogen-bond acceptors (Lipinski definition) is 5. The number of nitrogens with two attached hydrogens (primary N) is 1. The number of aryl methyl sites for hydroxylation is 2. The maximum absolute atomic E-state index is 13.9. The number of nitrogens with one attached hydrogen (secondary N) is 1. The summed E-state index contributed by atoms with van der Waals surface area (Å²) in [4.78, 5) is 47.4. The normalized spacial score (nSPS) is 11.3. The highest BCUT2D eigenvalue weighted by molar-refractivity contribution is 6.14. The molecule has 0 bridgehead atoms. The lowest BCUT2D eigenvalue weighted by molar-refractivity contribution is 0.0985.